The Labute approximate surface area is 182 Å². The van der Waals surface area contributed by atoms with Gasteiger partial charge in [-0.25, -0.2) is 0 Å². The van der Waals surface area contributed by atoms with Crippen molar-refractivity contribution in [3.8, 4) is 22.3 Å². The Balaban J connectivity index is 1.77. The minimum atomic E-state index is -1.12. The van der Waals surface area contributed by atoms with E-state index in [1.54, 1.807) is 0 Å². The van der Waals surface area contributed by atoms with E-state index in [0.717, 1.165) is 5.46 Å². The van der Waals surface area contributed by atoms with Crippen molar-refractivity contribution in [2.24, 2.45) is 0 Å². The van der Waals surface area contributed by atoms with Crippen LogP contribution in [0.5, 0.6) is 0 Å². The van der Waals surface area contributed by atoms with Crippen molar-refractivity contribution >= 4 is 22.6 Å². The highest BCUT2D eigenvalue weighted by Gasteiger charge is 2.53. The molecule has 0 bridgehead atoms. The zero-order valence-corrected chi connectivity index (χ0v) is 19.5. The van der Waals surface area contributed by atoms with E-state index in [9.17, 15) is 0 Å². The molecule has 0 atom stereocenters. The minimum Gasteiger partial charge on any atom is -0.399 e. The van der Waals surface area contributed by atoms with Crippen LogP contribution < -0.4 is 5.46 Å². The maximum absolute atomic E-state index is 6.49. The summed E-state index contributed by atoms with van der Waals surface area (Å²) in [5.74, 6) is 0. The van der Waals surface area contributed by atoms with Crippen LogP contribution in [-0.2, 0) is 9.31 Å². The smallest absolute Gasteiger partial charge is 0.399 e. The van der Waals surface area contributed by atoms with Gasteiger partial charge >= 0.3 is 7.12 Å². The van der Waals surface area contributed by atoms with E-state index in [-0.39, 0.29) is 18.3 Å². The molecule has 0 amide bonds. The third kappa shape index (κ3) is 2.74. The van der Waals surface area contributed by atoms with Crippen LogP contribution in [0.3, 0.4) is 0 Å². The summed E-state index contributed by atoms with van der Waals surface area (Å²) in [5, 5.41) is 0. The second-order valence-electron chi connectivity index (χ2n) is 9.68. The highest BCUT2D eigenvalue weighted by Crippen LogP contribution is 2.68. The molecule has 1 saturated heterocycles. The van der Waals surface area contributed by atoms with Crippen LogP contribution in [0.1, 0.15) is 27.7 Å². The molecule has 3 aromatic rings. The molecule has 0 radical (unpaired) electrons. The van der Waals surface area contributed by atoms with E-state index < -0.39 is 10.0 Å². The first-order valence-corrected chi connectivity index (χ1v) is 13.0. The summed E-state index contributed by atoms with van der Waals surface area (Å²) in [5.41, 5.74) is 5.63. The fourth-order valence-electron chi connectivity index (χ4n) is 4.60. The average Bonchev–Trinajstić information content (AvgIpc) is 3.08. The quantitative estimate of drug-likeness (QED) is 0.469. The largest absolute Gasteiger partial charge is 0.495 e. The summed E-state index contributed by atoms with van der Waals surface area (Å²) in [6.45, 7) is 8.48. The first-order valence-electron chi connectivity index (χ1n) is 10.5. The highest BCUT2D eigenvalue weighted by molar-refractivity contribution is 8.33. The third-order valence-corrected chi connectivity index (χ3v) is 9.91. The van der Waals surface area contributed by atoms with Crippen molar-refractivity contribution in [3.63, 3.8) is 0 Å². The predicted molar refractivity (Wildman–Crippen MR) is 129 cm³/mol. The van der Waals surface area contributed by atoms with Gasteiger partial charge in [-0.15, -0.1) is 0 Å². The van der Waals surface area contributed by atoms with E-state index in [1.807, 2.05) is 0 Å². The van der Waals surface area contributed by atoms with Gasteiger partial charge in [-0.1, -0.05) is 54.6 Å². The van der Waals surface area contributed by atoms with E-state index in [4.69, 9.17) is 9.31 Å². The van der Waals surface area contributed by atoms with Gasteiger partial charge in [-0.3, -0.25) is 0 Å². The molecular weight excluding hydrogens is 387 g/mol. The van der Waals surface area contributed by atoms with Crippen molar-refractivity contribution < 1.29 is 9.31 Å². The van der Waals surface area contributed by atoms with Crippen molar-refractivity contribution in [2.75, 3.05) is 12.5 Å². The zero-order chi connectivity index (χ0) is 21.3. The van der Waals surface area contributed by atoms with Gasteiger partial charge in [0.05, 0.1) is 11.2 Å². The lowest BCUT2D eigenvalue weighted by Crippen LogP contribution is -2.41. The molecule has 0 unspecified atom stereocenters. The fourth-order valence-corrected chi connectivity index (χ4v) is 7.13. The van der Waals surface area contributed by atoms with Crippen molar-refractivity contribution in [2.45, 2.75) is 48.7 Å². The van der Waals surface area contributed by atoms with Gasteiger partial charge in [-0.2, -0.15) is 10.0 Å². The number of fused-ring (bicyclic) bond motifs is 3. The molecular formula is C26H29BO2S. The molecule has 30 heavy (non-hydrogen) atoms. The maximum atomic E-state index is 6.49. The summed E-state index contributed by atoms with van der Waals surface area (Å²) in [6.07, 6.45) is 4.81. The van der Waals surface area contributed by atoms with Crippen LogP contribution in [0.25, 0.3) is 22.3 Å². The summed E-state index contributed by atoms with van der Waals surface area (Å²) in [6, 6.07) is 24.1. The number of hydrogen-bond donors (Lipinski definition) is 0. The SMILES string of the molecule is CC1(C)OB(c2cccc3c2-c2c(-c4ccccc4)cccc2S3(C)C)OC1(C)C. The highest BCUT2D eigenvalue weighted by atomic mass is 32.3. The van der Waals surface area contributed by atoms with Gasteiger partial charge in [0.2, 0.25) is 0 Å². The molecule has 0 saturated carbocycles. The summed E-state index contributed by atoms with van der Waals surface area (Å²) < 4.78 is 13.0. The first-order chi connectivity index (χ1) is 14.1. The molecule has 0 N–H and O–H groups in total. The Hall–Kier alpha value is -2.01. The van der Waals surface area contributed by atoms with Crippen LogP contribution in [0.4, 0.5) is 0 Å². The molecule has 3 aromatic carbocycles. The monoisotopic (exact) mass is 416 g/mol. The predicted octanol–water partition coefficient (Wildman–Crippen LogP) is 6.12. The van der Waals surface area contributed by atoms with Gasteiger partial charge < -0.3 is 9.31 Å². The van der Waals surface area contributed by atoms with Gasteiger partial charge in [0.1, 0.15) is 0 Å². The molecule has 2 aliphatic rings. The molecule has 5 rings (SSSR count). The van der Waals surface area contributed by atoms with Crippen molar-refractivity contribution in [1.29, 1.82) is 0 Å². The zero-order valence-electron chi connectivity index (χ0n) is 18.7. The number of rotatable bonds is 2. The molecule has 1 fully saturated rings. The van der Waals surface area contributed by atoms with E-state index in [2.05, 4.69) is 107 Å². The second kappa shape index (κ2) is 6.50. The van der Waals surface area contributed by atoms with Crippen molar-refractivity contribution in [3.05, 3.63) is 66.7 Å². The van der Waals surface area contributed by atoms with Crippen LogP contribution in [0.2, 0.25) is 0 Å². The normalized spacial score (nSPS) is 21.2. The standard InChI is InChI=1S/C26H29BO2S/c1-25(2)26(3,4)29-27(28-25)20-15-11-17-22-24(20)23-19(18-12-8-7-9-13-18)14-10-16-21(23)30(22,5)6/h7-17H,1-6H3. The molecule has 2 aliphatic heterocycles. The molecule has 2 heterocycles. The molecule has 2 nitrogen and oxygen atoms in total. The van der Waals surface area contributed by atoms with E-state index >= 15 is 0 Å². The average molecular weight is 416 g/mol. The fraction of sp³-hybridized carbons (Fsp3) is 0.308. The van der Waals surface area contributed by atoms with Gasteiger partial charge in [0.25, 0.3) is 0 Å². The second-order valence-corrected chi connectivity index (χ2v) is 13.2. The van der Waals surface area contributed by atoms with Crippen molar-refractivity contribution in [1.82, 2.24) is 0 Å². The summed E-state index contributed by atoms with van der Waals surface area (Å²) in [7, 11) is -1.48. The van der Waals surface area contributed by atoms with E-state index in [1.165, 1.54) is 32.0 Å². The van der Waals surface area contributed by atoms with Gasteiger partial charge in [-0.05, 0) is 74.5 Å². The summed E-state index contributed by atoms with van der Waals surface area (Å²) >= 11 is 0. The van der Waals surface area contributed by atoms with Gasteiger partial charge in [0, 0.05) is 15.4 Å². The molecule has 0 aliphatic carbocycles. The lowest BCUT2D eigenvalue weighted by molar-refractivity contribution is 0.00578. The Morgan fingerprint density at radius 1 is 0.667 bits per heavy atom. The maximum Gasteiger partial charge on any atom is 0.495 e. The Morgan fingerprint density at radius 3 is 1.87 bits per heavy atom. The lowest BCUT2D eigenvalue weighted by Gasteiger charge is -2.32. The summed E-state index contributed by atoms with van der Waals surface area (Å²) in [4.78, 5) is 2.87. The molecule has 0 spiro atoms. The van der Waals surface area contributed by atoms with Crippen LogP contribution in [-0.4, -0.2) is 30.8 Å². The lowest BCUT2D eigenvalue weighted by atomic mass is 9.73. The van der Waals surface area contributed by atoms with E-state index in [0.29, 0.717) is 0 Å². The Morgan fingerprint density at radius 2 is 1.23 bits per heavy atom. The minimum absolute atomic E-state index is 0.358. The Bertz CT molecular complexity index is 1120. The van der Waals surface area contributed by atoms with Crippen LogP contribution >= 0.6 is 10.0 Å². The number of benzene rings is 3. The topological polar surface area (TPSA) is 18.5 Å². The molecule has 0 aromatic heterocycles. The molecule has 154 valence electrons. The van der Waals surface area contributed by atoms with Gasteiger partial charge in [0.15, 0.2) is 0 Å². The van der Waals surface area contributed by atoms with Crippen LogP contribution in [0, 0.1) is 0 Å². The molecule has 4 heteroatoms. The number of hydrogen-bond acceptors (Lipinski definition) is 2. The Kier molecular flexibility index (Phi) is 4.31. The van der Waals surface area contributed by atoms with Crippen LogP contribution in [0.15, 0.2) is 76.5 Å². The third-order valence-electron chi connectivity index (χ3n) is 7.03. The first kappa shape index (κ1) is 19.9.